The third-order valence-electron chi connectivity index (χ3n) is 6.52. The van der Waals surface area contributed by atoms with Gasteiger partial charge in [-0.15, -0.1) is 0 Å². The number of anilines is 2. The zero-order valence-corrected chi connectivity index (χ0v) is 20.8. The van der Waals surface area contributed by atoms with Crippen LogP contribution in [0.15, 0.2) is 58.3 Å². The van der Waals surface area contributed by atoms with Crippen LogP contribution >= 0.6 is 0 Å². The maximum Gasteiger partial charge on any atom is 0.332 e. The summed E-state index contributed by atoms with van der Waals surface area (Å²) >= 11 is 0. The summed E-state index contributed by atoms with van der Waals surface area (Å²) in [4.78, 5) is 56.4. The topological polar surface area (TPSA) is 136 Å². The largest absolute Gasteiger partial charge is 0.384 e. The van der Waals surface area contributed by atoms with Crippen LogP contribution in [0.5, 0.6) is 0 Å². The van der Waals surface area contributed by atoms with Gasteiger partial charge >= 0.3 is 5.69 Å². The Labute approximate surface area is 212 Å². The van der Waals surface area contributed by atoms with Gasteiger partial charge < -0.3 is 10.2 Å². The van der Waals surface area contributed by atoms with E-state index in [1.807, 2.05) is 4.90 Å². The molecule has 3 aromatic rings. The van der Waals surface area contributed by atoms with Crippen LogP contribution in [-0.4, -0.2) is 69.0 Å². The van der Waals surface area contributed by atoms with Crippen molar-refractivity contribution in [3.63, 3.8) is 0 Å². The SMILES string of the molecule is Cn1c(N2CCN(CCCNc3ccc([N+](=O)[O-])cc3C(=O)c3ccccn3)CC2)cc(=O)n(C)c1=O. The Morgan fingerprint density at radius 2 is 1.81 bits per heavy atom. The fraction of sp³-hybridized carbons (Fsp3) is 0.360. The summed E-state index contributed by atoms with van der Waals surface area (Å²) in [6.45, 7) is 4.34. The first-order valence-corrected chi connectivity index (χ1v) is 12.0. The summed E-state index contributed by atoms with van der Waals surface area (Å²) in [5.41, 5.74) is 0.134. The highest BCUT2D eigenvalue weighted by atomic mass is 16.6. The Balaban J connectivity index is 1.34. The summed E-state index contributed by atoms with van der Waals surface area (Å²) in [7, 11) is 3.13. The summed E-state index contributed by atoms with van der Waals surface area (Å²) in [5, 5.41) is 14.5. The van der Waals surface area contributed by atoms with Crippen molar-refractivity contribution < 1.29 is 9.72 Å². The molecule has 1 aromatic carbocycles. The molecule has 0 bridgehead atoms. The highest BCUT2D eigenvalue weighted by Crippen LogP contribution is 2.24. The molecule has 0 atom stereocenters. The summed E-state index contributed by atoms with van der Waals surface area (Å²) in [5.74, 6) is 0.241. The van der Waals surface area contributed by atoms with Crippen molar-refractivity contribution in [3.8, 4) is 0 Å². The van der Waals surface area contributed by atoms with Crippen molar-refractivity contribution in [2.24, 2.45) is 14.1 Å². The predicted octanol–water partition coefficient (Wildman–Crippen LogP) is 1.24. The molecule has 12 heteroatoms. The van der Waals surface area contributed by atoms with Crippen molar-refractivity contribution in [1.82, 2.24) is 19.0 Å². The van der Waals surface area contributed by atoms with Crippen LogP contribution in [0, 0.1) is 10.1 Å². The minimum atomic E-state index is -0.524. The molecule has 0 unspecified atom stereocenters. The second-order valence-electron chi connectivity index (χ2n) is 8.88. The molecule has 12 nitrogen and oxygen atoms in total. The third kappa shape index (κ3) is 5.75. The van der Waals surface area contributed by atoms with E-state index in [2.05, 4.69) is 15.2 Å². The minimum absolute atomic E-state index is 0.156. The number of piperazine rings is 1. The van der Waals surface area contributed by atoms with E-state index in [1.165, 1.54) is 36.0 Å². The number of hydrogen-bond acceptors (Lipinski definition) is 9. The monoisotopic (exact) mass is 507 g/mol. The van der Waals surface area contributed by atoms with Crippen LogP contribution in [0.1, 0.15) is 22.5 Å². The number of benzene rings is 1. The van der Waals surface area contributed by atoms with Gasteiger partial charge in [-0.3, -0.25) is 38.7 Å². The van der Waals surface area contributed by atoms with Crippen LogP contribution in [0.3, 0.4) is 0 Å². The average molecular weight is 508 g/mol. The zero-order valence-electron chi connectivity index (χ0n) is 20.8. The van der Waals surface area contributed by atoms with Crippen LogP contribution in [-0.2, 0) is 14.1 Å². The molecule has 194 valence electrons. The van der Waals surface area contributed by atoms with Gasteiger partial charge in [0.2, 0.25) is 5.78 Å². The first kappa shape index (κ1) is 25.8. The Morgan fingerprint density at radius 3 is 2.49 bits per heavy atom. The Kier molecular flexibility index (Phi) is 7.77. The molecule has 0 spiro atoms. The molecule has 0 amide bonds. The molecule has 37 heavy (non-hydrogen) atoms. The second kappa shape index (κ2) is 11.2. The van der Waals surface area contributed by atoms with Crippen molar-refractivity contribution in [2.75, 3.05) is 49.5 Å². The van der Waals surface area contributed by atoms with Gasteiger partial charge in [-0.2, -0.15) is 0 Å². The fourth-order valence-corrected chi connectivity index (χ4v) is 4.37. The van der Waals surface area contributed by atoms with Crippen LogP contribution in [0.2, 0.25) is 0 Å². The van der Waals surface area contributed by atoms with Crippen LogP contribution in [0.4, 0.5) is 17.2 Å². The number of nitro benzene ring substituents is 1. The van der Waals surface area contributed by atoms with Crippen LogP contribution < -0.4 is 21.5 Å². The molecular formula is C25H29N7O5. The highest BCUT2D eigenvalue weighted by molar-refractivity contribution is 6.11. The fourth-order valence-electron chi connectivity index (χ4n) is 4.37. The quantitative estimate of drug-likeness (QED) is 0.196. The number of carbonyl (C=O) groups is 1. The number of non-ortho nitro benzene ring substituents is 1. The normalized spacial score (nSPS) is 13.9. The lowest BCUT2D eigenvalue weighted by Crippen LogP contribution is -2.49. The van der Waals surface area contributed by atoms with E-state index < -0.39 is 4.92 Å². The Hall–Kier alpha value is -4.32. The van der Waals surface area contributed by atoms with Gasteiger partial charge in [-0.1, -0.05) is 6.07 Å². The molecular weight excluding hydrogens is 478 g/mol. The lowest BCUT2D eigenvalue weighted by molar-refractivity contribution is -0.384. The molecule has 2 aromatic heterocycles. The number of aromatic nitrogens is 3. The Bertz CT molecular complexity index is 1410. The summed E-state index contributed by atoms with van der Waals surface area (Å²) in [6.07, 6.45) is 2.30. The number of nitrogens with one attached hydrogen (secondary N) is 1. The average Bonchev–Trinajstić information content (AvgIpc) is 2.92. The molecule has 1 saturated heterocycles. The first-order valence-electron chi connectivity index (χ1n) is 12.0. The maximum atomic E-state index is 13.0. The maximum absolute atomic E-state index is 13.0. The number of rotatable bonds is 9. The van der Waals surface area contributed by atoms with E-state index >= 15 is 0 Å². The number of pyridine rings is 1. The molecule has 1 N–H and O–H groups in total. The van der Waals surface area contributed by atoms with E-state index in [0.29, 0.717) is 31.1 Å². The van der Waals surface area contributed by atoms with Crippen molar-refractivity contribution in [3.05, 3.63) is 90.9 Å². The number of nitrogens with zero attached hydrogens (tertiary/aromatic N) is 6. The lowest BCUT2D eigenvalue weighted by Gasteiger charge is -2.36. The molecule has 1 fully saturated rings. The van der Waals surface area contributed by atoms with E-state index in [9.17, 15) is 24.5 Å². The summed E-state index contributed by atoms with van der Waals surface area (Å²) < 4.78 is 2.59. The van der Waals surface area contributed by atoms with Gasteiger partial charge in [0.1, 0.15) is 11.5 Å². The second-order valence-corrected chi connectivity index (χ2v) is 8.88. The molecule has 3 heterocycles. The standard InChI is InChI=1S/C25H29N7O5/c1-28-22(17-23(33)29(2)25(28)35)31-14-12-30(13-15-31)11-5-10-26-20-8-7-18(32(36)37)16-19(20)24(34)21-6-3-4-9-27-21/h3-4,6-9,16-17,26H,5,10-15H2,1-2H3. The zero-order chi connectivity index (χ0) is 26.5. The van der Waals surface area contributed by atoms with Crippen LogP contribution in [0.25, 0.3) is 0 Å². The van der Waals surface area contributed by atoms with Crippen molar-refractivity contribution in [1.29, 1.82) is 0 Å². The van der Waals surface area contributed by atoms with Gasteiger partial charge in [-0.25, -0.2) is 4.79 Å². The van der Waals surface area contributed by atoms with E-state index in [0.717, 1.165) is 30.6 Å². The highest BCUT2D eigenvalue weighted by Gasteiger charge is 2.21. The van der Waals surface area contributed by atoms with Crippen molar-refractivity contribution in [2.45, 2.75) is 6.42 Å². The number of nitro groups is 1. The van der Waals surface area contributed by atoms with E-state index in [4.69, 9.17) is 0 Å². The Morgan fingerprint density at radius 1 is 1.05 bits per heavy atom. The van der Waals surface area contributed by atoms with Gasteiger partial charge in [0, 0.05) is 76.9 Å². The first-order chi connectivity index (χ1) is 17.8. The molecule has 0 radical (unpaired) electrons. The van der Waals surface area contributed by atoms with Gasteiger partial charge in [-0.05, 0) is 31.2 Å². The number of carbonyl (C=O) groups excluding carboxylic acids is 1. The smallest absolute Gasteiger partial charge is 0.332 e. The number of hydrogen-bond donors (Lipinski definition) is 1. The minimum Gasteiger partial charge on any atom is -0.384 e. The van der Waals surface area contributed by atoms with Crippen molar-refractivity contribution >= 4 is 23.0 Å². The summed E-state index contributed by atoms with van der Waals surface area (Å²) in [6, 6.07) is 10.7. The molecule has 1 aliphatic heterocycles. The molecule has 4 rings (SSSR count). The predicted molar refractivity (Wildman–Crippen MR) is 139 cm³/mol. The molecule has 0 saturated carbocycles. The lowest BCUT2D eigenvalue weighted by atomic mass is 10.0. The van der Waals surface area contributed by atoms with Gasteiger partial charge in [0.25, 0.3) is 11.2 Å². The van der Waals surface area contributed by atoms with Gasteiger partial charge in [0.05, 0.1) is 10.5 Å². The number of ketones is 1. The molecule has 0 aliphatic carbocycles. The van der Waals surface area contributed by atoms with E-state index in [-0.39, 0.29) is 34.0 Å². The van der Waals surface area contributed by atoms with E-state index in [1.54, 1.807) is 31.3 Å². The third-order valence-corrected chi connectivity index (χ3v) is 6.52. The van der Waals surface area contributed by atoms with Gasteiger partial charge in [0.15, 0.2) is 0 Å². The molecule has 1 aliphatic rings.